The number of hydrogen-bond donors (Lipinski definition) is 0. The normalized spacial score (nSPS) is 10.2. The van der Waals surface area contributed by atoms with Crippen LogP contribution in [-0.2, 0) is 0 Å². The fraction of sp³-hybridized carbons (Fsp3) is 0.235. The Balaban J connectivity index is 2.73. The van der Waals surface area contributed by atoms with Gasteiger partial charge in [0, 0.05) is 0 Å². The van der Waals surface area contributed by atoms with Crippen LogP contribution in [0.25, 0.3) is 11.1 Å². The third kappa shape index (κ3) is 2.39. The number of rotatable bonds is 4. The monoisotopic (exact) mass is 270 g/mol. The van der Waals surface area contributed by atoms with Crippen LogP contribution in [0.3, 0.4) is 0 Å². The van der Waals surface area contributed by atoms with Gasteiger partial charge in [0.2, 0.25) is 0 Å². The minimum absolute atomic E-state index is 0.470. The first-order chi connectivity index (χ1) is 9.62. The van der Waals surface area contributed by atoms with E-state index in [0.717, 1.165) is 28.5 Å². The highest BCUT2D eigenvalue weighted by atomic mass is 16.5. The molecule has 0 saturated carbocycles. The molecule has 0 unspecified atom stereocenters. The highest BCUT2D eigenvalue weighted by Gasteiger charge is 2.14. The molecule has 0 saturated heterocycles. The molecular formula is C17H18O3. The summed E-state index contributed by atoms with van der Waals surface area (Å²) in [5.74, 6) is 1.03. The van der Waals surface area contributed by atoms with Gasteiger partial charge in [0.15, 0.2) is 17.8 Å². The van der Waals surface area contributed by atoms with Gasteiger partial charge in [-0.3, -0.25) is 4.79 Å². The maximum Gasteiger partial charge on any atom is 0.171 e. The smallest absolute Gasteiger partial charge is 0.171 e. The number of carbonyl (C=O) groups is 1. The van der Waals surface area contributed by atoms with Crippen molar-refractivity contribution in [2.45, 2.75) is 13.8 Å². The summed E-state index contributed by atoms with van der Waals surface area (Å²) in [6.45, 7) is 4.11. The van der Waals surface area contributed by atoms with Crippen LogP contribution in [0.5, 0.6) is 11.5 Å². The Morgan fingerprint density at radius 1 is 1.00 bits per heavy atom. The zero-order valence-electron chi connectivity index (χ0n) is 12.2. The van der Waals surface area contributed by atoms with Gasteiger partial charge in [0.1, 0.15) is 0 Å². The number of hydrogen-bond acceptors (Lipinski definition) is 3. The standard InChI is InChI=1S/C17H18O3/c1-11-6-5-7-12(2)16(11)13-8-14(10-18)17(20-4)15(9-13)19-3/h5-10H,1-4H3. The summed E-state index contributed by atoms with van der Waals surface area (Å²) >= 11 is 0. The highest BCUT2D eigenvalue weighted by molar-refractivity contribution is 5.86. The van der Waals surface area contributed by atoms with Crippen molar-refractivity contribution in [3.63, 3.8) is 0 Å². The molecule has 0 atom stereocenters. The van der Waals surface area contributed by atoms with Gasteiger partial charge >= 0.3 is 0 Å². The van der Waals surface area contributed by atoms with Crippen LogP contribution in [0, 0.1) is 13.8 Å². The average Bonchev–Trinajstić information content (AvgIpc) is 2.45. The molecule has 0 fully saturated rings. The zero-order valence-corrected chi connectivity index (χ0v) is 12.2. The number of benzene rings is 2. The molecule has 0 bridgehead atoms. The first kappa shape index (κ1) is 14.1. The number of aryl methyl sites for hydroxylation is 2. The van der Waals surface area contributed by atoms with Crippen molar-refractivity contribution in [2.24, 2.45) is 0 Å². The lowest BCUT2D eigenvalue weighted by Gasteiger charge is -2.15. The molecule has 3 heteroatoms. The second-order valence-corrected chi connectivity index (χ2v) is 4.69. The van der Waals surface area contributed by atoms with E-state index in [1.165, 1.54) is 7.11 Å². The van der Waals surface area contributed by atoms with Crippen molar-refractivity contribution in [2.75, 3.05) is 14.2 Å². The molecule has 2 rings (SSSR count). The molecule has 2 aromatic rings. The molecule has 20 heavy (non-hydrogen) atoms. The van der Waals surface area contributed by atoms with Gasteiger partial charge < -0.3 is 9.47 Å². The first-order valence-electron chi connectivity index (χ1n) is 6.40. The molecule has 0 aliphatic rings. The molecule has 0 radical (unpaired) electrons. The molecule has 0 spiro atoms. The predicted octanol–water partition coefficient (Wildman–Crippen LogP) is 3.80. The molecular weight excluding hydrogens is 252 g/mol. The van der Waals surface area contributed by atoms with E-state index < -0.39 is 0 Å². The van der Waals surface area contributed by atoms with Crippen molar-refractivity contribution in [3.05, 3.63) is 47.0 Å². The van der Waals surface area contributed by atoms with Crippen LogP contribution in [-0.4, -0.2) is 20.5 Å². The van der Waals surface area contributed by atoms with Crippen LogP contribution in [0.2, 0.25) is 0 Å². The van der Waals surface area contributed by atoms with E-state index in [-0.39, 0.29) is 0 Å². The van der Waals surface area contributed by atoms with Crippen LogP contribution in [0.15, 0.2) is 30.3 Å². The maximum atomic E-state index is 11.3. The molecule has 0 amide bonds. The Hall–Kier alpha value is -2.29. The summed E-state index contributed by atoms with van der Waals surface area (Å²) in [6.07, 6.45) is 0.790. The minimum atomic E-state index is 0.470. The van der Waals surface area contributed by atoms with Crippen LogP contribution < -0.4 is 9.47 Å². The third-order valence-electron chi connectivity index (χ3n) is 3.40. The van der Waals surface area contributed by atoms with Crippen molar-refractivity contribution >= 4 is 6.29 Å². The van der Waals surface area contributed by atoms with E-state index in [9.17, 15) is 4.79 Å². The summed E-state index contributed by atoms with van der Waals surface area (Å²) < 4.78 is 10.6. The second-order valence-electron chi connectivity index (χ2n) is 4.69. The molecule has 0 heterocycles. The van der Waals surface area contributed by atoms with Gasteiger partial charge in [0.05, 0.1) is 19.8 Å². The quantitative estimate of drug-likeness (QED) is 0.793. The summed E-state index contributed by atoms with van der Waals surface area (Å²) in [5.41, 5.74) is 4.89. The topological polar surface area (TPSA) is 35.5 Å². The van der Waals surface area contributed by atoms with Crippen molar-refractivity contribution in [3.8, 4) is 22.6 Å². The third-order valence-corrected chi connectivity index (χ3v) is 3.40. The van der Waals surface area contributed by atoms with E-state index in [2.05, 4.69) is 26.0 Å². The lowest BCUT2D eigenvalue weighted by molar-refractivity contribution is 0.112. The molecule has 104 valence electrons. The first-order valence-corrected chi connectivity index (χ1v) is 6.40. The average molecular weight is 270 g/mol. The lowest BCUT2D eigenvalue weighted by atomic mass is 9.94. The predicted molar refractivity (Wildman–Crippen MR) is 79.8 cm³/mol. The Bertz CT molecular complexity index is 625. The Labute approximate surface area is 119 Å². The molecule has 3 nitrogen and oxygen atoms in total. The summed E-state index contributed by atoms with van der Waals surface area (Å²) in [7, 11) is 3.10. The van der Waals surface area contributed by atoms with E-state index in [0.29, 0.717) is 17.1 Å². The second kappa shape index (κ2) is 5.78. The van der Waals surface area contributed by atoms with Crippen molar-refractivity contribution < 1.29 is 14.3 Å². The molecule has 2 aromatic carbocycles. The Morgan fingerprint density at radius 3 is 2.15 bits per heavy atom. The fourth-order valence-corrected chi connectivity index (χ4v) is 2.50. The maximum absolute atomic E-state index is 11.3. The summed E-state index contributed by atoms with van der Waals surface area (Å²) in [4.78, 5) is 11.3. The van der Waals surface area contributed by atoms with Crippen LogP contribution >= 0.6 is 0 Å². The molecule has 0 N–H and O–H groups in total. The van der Waals surface area contributed by atoms with E-state index in [1.807, 2.05) is 18.2 Å². The SMILES string of the molecule is COc1cc(-c2c(C)cccc2C)cc(C=O)c1OC. The van der Waals surface area contributed by atoms with Crippen LogP contribution in [0.1, 0.15) is 21.5 Å². The number of methoxy groups -OCH3 is 2. The molecule has 0 aromatic heterocycles. The van der Waals surface area contributed by atoms with Gasteiger partial charge in [-0.25, -0.2) is 0 Å². The number of aldehydes is 1. The van der Waals surface area contributed by atoms with Crippen molar-refractivity contribution in [1.29, 1.82) is 0 Å². The van der Waals surface area contributed by atoms with Gasteiger partial charge in [-0.2, -0.15) is 0 Å². The largest absolute Gasteiger partial charge is 0.493 e. The highest BCUT2D eigenvalue weighted by Crippen LogP contribution is 2.37. The van der Waals surface area contributed by atoms with Gasteiger partial charge in [-0.05, 0) is 48.2 Å². The van der Waals surface area contributed by atoms with E-state index >= 15 is 0 Å². The van der Waals surface area contributed by atoms with Gasteiger partial charge in [0.25, 0.3) is 0 Å². The zero-order chi connectivity index (χ0) is 14.7. The lowest BCUT2D eigenvalue weighted by Crippen LogP contribution is -1.97. The number of carbonyl (C=O) groups excluding carboxylic acids is 1. The van der Waals surface area contributed by atoms with E-state index in [4.69, 9.17) is 9.47 Å². The Morgan fingerprint density at radius 2 is 1.65 bits per heavy atom. The van der Waals surface area contributed by atoms with E-state index in [1.54, 1.807) is 7.11 Å². The van der Waals surface area contributed by atoms with Gasteiger partial charge in [-0.15, -0.1) is 0 Å². The Kier molecular flexibility index (Phi) is 4.08. The summed E-state index contributed by atoms with van der Waals surface area (Å²) in [6, 6.07) is 9.87. The van der Waals surface area contributed by atoms with Gasteiger partial charge in [-0.1, -0.05) is 18.2 Å². The van der Waals surface area contributed by atoms with Crippen molar-refractivity contribution in [1.82, 2.24) is 0 Å². The summed E-state index contributed by atoms with van der Waals surface area (Å²) in [5, 5.41) is 0. The fourth-order valence-electron chi connectivity index (χ4n) is 2.50. The molecule has 0 aliphatic heterocycles. The van der Waals surface area contributed by atoms with Crippen LogP contribution in [0.4, 0.5) is 0 Å². The minimum Gasteiger partial charge on any atom is -0.493 e. The number of ether oxygens (including phenoxy) is 2. The molecule has 0 aliphatic carbocycles.